The van der Waals surface area contributed by atoms with Crippen molar-refractivity contribution in [2.45, 2.75) is 59.8 Å². The first-order valence-corrected chi connectivity index (χ1v) is 5.88. The zero-order valence-corrected chi connectivity index (χ0v) is 10.5. The Balaban J connectivity index is 3.68. The van der Waals surface area contributed by atoms with Gasteiger partial charge in [-0.05, 0) is 25.7 Å². The molecule has 0 aliphatic carbocycles. The van der Waals surface area contributed by atoms with Gasteiger partial charge in [-0.1, -0.05) is 33.6 Å². The zero-order chi connectivity index (χ0) is 11.7. The van der Waals surface area contributed by atoms with Crippen LogP contribution in [0.2, 0.25) is 0 Å². The van der Waals surface area contributed by atoms with E-state index in [-0.39, 0.29) is 5.91 Å². The van der Waals surface area contributed by atoms with Gasteiger partial charge in [0.25, 0.3) is 0 Å². The maximum Gasteiger partial charge on any atom is 0.240 e. The highest BCUT2D eigenvalue weighted by Gasteiger charge is 2.00. The lowest BCUT2D eigenvalue weighted by Crippen LogP contribution is -2.18. The first-order valence-electron chi connectivity index (χ1n) is 5.88. The Labute approximate surface area is 93.3 Å². The Morgan fingerprint density at radius 3 is 2.53 bits per heavy atom. The molecule has 1 amide bonds. The van der Waals surface area contributed by atoms with E-state index >= 15 is 0 Å². The third kappa shape index (κ3) is 9.44. The molecule has 0 aliphatic heterocycles. The molecule has 0 saturated carbocycles. The largest absolute Gasteiger partial charge is 0.273 e. The molecule has 0 aromatic carbocycles. The van der Waals surface area contributed by atoms with Crippen molar-refractivity contribution in [3.8, 4) is 0 Å². The van der Waals surface area contributed by atoms with Gasteiger partial charge in [-0.15, -0.1) is 0 Å². The molecule has 0 bridgehead atoms. The normalized spacial score (nSPS) is 11.9. The monoisotopic (exact) mass is 212 g/mol. The number of nitrogens with zero attached hydrogens (tertiary/aromatic N) is 1. The number of hydrazone groups is 1. The second-order valence-corrected chi connectivity index (χ2v) is 4.44. The summed E-state index contributed by atoms with van der Waals surface area (Å²) in [5.74, 6) is 0.622. The second kappa shape index (κ2) is 8.45. The number of unbranched alkanes of at least 4 members (excludes halogenated alkanes) is 2. The van der Waals surface area contributed by atoms with Crippen LogP contribution in [0.5, 0.6) is 0 Å². The topological polar surface area (TPSA) is 41.5 Å². The molecule has 0 unspecified atom stereocenters. The van der Waals surface area contributed by atoms with Crippen LogP contribution in [0.15, 0.2) is 5.10 Å². The molecule has 1 N–H and O–H groups in total. The molecule has 88 valence electrons. The van der Waals surface area contributed by atoms with E-state index in [1.807, 2.05) is 6.92 Å². The average molecular weight is 212 g/mol. The summed E-state index contributed by atoms with van der Waals surface area (Å²) in [6, 6.07) is 0. The van der Waals surface area contributed by atoms with Crippen LogP contribution in [0.3, 0.4) is 0 Å². The molecule has 0 rings (SSSR count). The van der Waals surface area contributed by atoms with Crippen LogP contribution >= 0.6 is 0 Å². The molecule has 0 aromatic rings. The summed E-state index contributed by atoms with van der Waals surface area (Å²) in [6.07, 6.45) is 4.74. The molecule has 0 spiro atoms. The third-order valence-corrected chi connectivity index (χ3v) is 2.08. The lowest BCUT2D eigenvalue weighted by atomic mass is 10.1. The van der Waals surface area contributed by atoms with Crippen molar-refractivity contribution in [3.05, 3.63) is 0 Å². The summed E-state index contributed by atoms with van der Waals surface area (Å²) in [7, 11) is 0. The quantitative estimate of drug-likeness (QED) is 0.393. The number of carbonyl (C=O) groups is 1. The van der Waals surface area contributed by atoms with Gasteiger partial charge in [-0.2, -0.15) is 5.10 Å². The molecular formula is C12H24N2O. The molecule has 0 atom stereocenters. The Bertz CT molecular complexity index is 210. The van der Waals surface area contributed by atoms with Gasteiger partial charge >= 0.3 is 0 Å². The lowest BCUT2D eigenvalue weighted by Gasteiger charge is -2.04. The van der Waals surface area contributed by atoms with Gasteiger partial charge in [0.15, 0.2) is 0 Å². The average Bonchev–Trinajstić information content (AvgIpc) is 2.14. The number of hydrogen-bond donors (Lipinski definition) is 1. The Hall–Kier alpha value is -0.860. The minimum absolute atomic E-state index is 0.0338. The highest BCUT2D eigenvalue weighted by Crippen LogP contribution is 2.01. The van der Waals surface area contributed by atoms with E-state index in [1.165, 1.54) is 0 Å². The van der Waals surface area contributed by atoms with Crippen molar-refractivity contribution in [2.24, 2.45) is 11.0 Å². The van der Waals surface area contributed by atoms with Crippen LogP contribution < -0.4 is 5.43 Å². The fraction of sp³-hybridized carbons (Fsp3) is 0.833. The summed E-state index contributed by atoms with van der Waals surface area (Å²) in [4.78, 5) is 11.3. The number of nitrogens with one attached hydrogen (secondary N) is 1. The Morgan fingerprint density at radius 2 is 2.00 bits per heavy atom. The van der Waals surface area contributed by atoms with E-state index in [4.69, 9.17) is 0 Å². The fourth-order valence-corrected chi connectivity index (χ4v) is 1.39. The highest BCUT2D eigenvalue weighted by molar-refractivity contribution is 5.84. The maximum absolute atomic E-state index is 11.3. The van der Waals surface area contributed by atoms with Gasteiger partial charge in [0.1, 0.15) is 0 Å². The second-order valence-electron chi connectivity index (χ2n) is 4.44. The van der Waals surface area contributed by atoms with E-state index in [2.05, 4.69) is 31.3 Å². The fourth-order valence-electron chi connectivity index (χ4n) is 1.39. The molecule has 0 radical (unpaired) electrons. The van der Waals surface area contributed by atoms with Gasteiger partial charge < -0.3 is 0 Å². The lowest BCUT2D eigenvalue weighted by molar-refractivity contribution is -0.121. The van der Waals surface area contributed by atoms with Gasteiger partial charge in [-0.25, -0.2) is 5.43 Å². The molecule has 0 saturated heterocycles. The summed E-state index contributed by atoms with van der Waals surface area (Å²) < 4.78 is 0. The molecule has 3 heteroatoms. The van der Waals surface area contributed by atoms with Crippen LogP contribution in [0.1, 0.15) is 59.8 Å². The van der Waals surface area contributed by atoms with E-state index in [1.54, 1.807) is 0 Å². The smallest absolute Gasteiger partial charge is 0.240 e. The van der Waals surface area contributed by atoms with Crippen LogP contribution in [0.4, 0.5) is 0 Å². The Morgan fingerprint density at radius 1 is 1.33 bits per heavy atom. The summed E-state index contributed by atoms with van der Waals surface area (Å²) in [5, 5.41) is 4.06. The van der Waals surface area contributed by atoms with Crippen LogP contribution in [0.25, 0.3) is 0 Å². The van der Waals surface area contributed by atoms with E-state index in [9.17, 15) is 4.79 Å². The van der Waals surface area contributed by atoms with Gasteiger partial charge in [0.2, 0.25) is 5.91 Å². The Kier molecular flexibility index (Phi) is 7.96. The van der Waals surface area contributed by atoms with Crippen molar-refractivity contribution < 1.29 is 4.79 Å². The van der Waals surface area contributed by atoms with Crippen LogP contribution in [-0.4, -0.2) is 11.6 Å². The van der Waals surface area contributed by atoms with Crippen molar-refractivity contribution in [1.29, 1.82) is 0 Å². The molecule has 0 aromatic heterocycles. The predicted molar refractivity (Wildman–Crippen MR) is 64.8 cm³/mol. The van der Waals surface area contributed by atoms with Crippen molar-refractivity contribution in [3.63, 3.8) is 0 Å². The minimum atomic E-state index is 0.0338. The van der Waals surface area contributed by atoms with Gasteiger partial charge in [-0.3, -0.25) is 4.79 Å². The number of rotatable bonds is 7. The molecule has 3 nitrogen and oxygen atoms in total. The minimum Gasteiger partial charge on any atom is -0.273 e. The summed E-state index contributed by atoms with van der Waals surface area (Å²) in [6.45, 7) is 8.36. The first-order chi connectivity index (χ1) is 7.06. The van der Waals surface area contributed by atoms with E-state index in [0.29, 0.717) is 12.3 Å². The SMILES string of the molecule is CCCCCC(=O)NN=C(C)CC(C)C. The standard InChI is InChI=1S/C12H24N2O/c1-5-6-7-8-12(15)14-13-11(4)9-10(2)3/h10H,5-9H2,1-4H3,(H,14,15). The van der Waals surface area contributed by atoms with Crippen molar-refractivity contribution >= 4 is 11.6 Å². The number of carbonyl (C=O) groups excluding carboxylic acids is 1. The summed E-state index contributed by atoms with van der Waals surface area (Å²) >= 11 is 0. The van der Waals surface area contributed by atoms with E-state index in [0.717, 1.165) is 31.4 Å². The zero-order valence-electron chi connectivity index (χ0n) is 10.5. The molecule has 0 fully saturated rings. The number of hydrogen-bond acceptors (Lipinski definition) is 2. The molecule has 15 heavy (non-hydrogen) atoms. The predicted octanol–water partition coefficient (Wildman–Crippen LogP) is 3.10. The van der Waals surface area contributed by atoms with Gasteiger partial charge in [0.05, 0.1) is 0 Å². The highest BCUT2D eigenvalue weighted by atomic mass is 16.2. The third-order valence-electron chi connectivity index (χ3n) is 2.08. The molecule has 0 aliphatic rings. The van der Waals surface area contributed by atoms with Crippen LogP contribution in [0, 0.1) is 5.92 Å². The number of amides is 1. The van der Waals surface area contributed by atoms with E-state index < -0.39 is 0 Å². The van der Waals surface area contributed by atoms with Crippen LogP contribution in [-0.2, 0) is 4.79 Å². The maximum atomic E-state index is 11.3. The summed E-state index contributed by atoms with van der Waals surface area (Å²) in [5.41, 5.74) is 3.59. The van der Waals surface area contributed by atoms with Gasteiger partial charge in [0, 0.05) is 12.1 Å². The van der Waals surface area contributed by atoms with Crippen molar-refractivity contribution in [1.82, 2.24) is 5.43 Å². The molecule has 0 heterocycles. The molecular weight excluding hydrogens is 188 g/mol. The first kappa shape index (κ1) is 14.1. The van der Waals surface area contributed by atoms with Crippen molar-refractivity contribution in [2.75, 3.05) is 0 Å².